The number of fused-ring (bicyclic) bond motifs is 1. The van der Waals surface area contributed by atoms with E-state index in [2.05, 4.69) is 24.5 Å². The summed E-state index contributed by atoms with van der Waals surface area (Å²) in [6.07, 6.45) is 6.97. The van der Waals surface area contributed by atoms with E-state index in [1.54, 1.807) is 4.90 Å². The van der Waals surface area contributed by atoms with Gasteiger partial charge in [0.25, 0.3) is 0 Å². The summed E-state index contributed by atoms with van der Waals surface area (Å²) < 4.78 is 12.0. The number of amides is 3. The first-order chi connectivity index (χ1) is 18.3. The van der Waals surface area contributed by atoms with Crippen molar-refractivity contribution in [1.82, 2.24) is 10.2 Å². The summed E-state index contributed by atoms with van der Waals surface area (Å²) >= 11 is 0. The number of ether oxygens (including phenoxy) is 2. The molecular formula is C30H41N3O5. The molecule has 0 unspecified atom stereocenters. The summed E-state index contributed by atoms with van der Waals surface area (Å²) in [5.41, 5.74) is 0.573. The average molecular weight is 524 g/mol. The van der Waals surface area contributed by atoms with Gasteiger partial charge in [0.1, 0.15) is 11.6 Å². The van der Waals surface area contributed by atoms with Crippen LogP contribution in [0.15, 0.2) is 36.4 Å². The van der Waals surface area contributed by atoms with Crippen molar-refractivity contribution >= 4 is 23.4 Å². The van der Waals surface area contributed by atoms with E-state index >= 15 is 0 Å². The monoisotopic (exact) mass is 523 g/mol. The predicted molar refractivity (Wildman–Crippen MR) is 144 cm³/mol. The summed E-state index contributed by atoms with van der Waals surface area (Å²) in [6, 6.07) is 6.83. The first kappa shape index (κ1) is 26.9. The Morgan fingerprint density at radius 3 is 2.79 bits per heavy atom. The molecule has 1 spiro atoms. The number of hydrogen-bond donors (Lipinski definition) is 2. The number of carbonyl (C=O) groups excluding carboxylic acids is 3. The Hall–Kier alpha value is -2.71. The SMILES string of the molecule is CCOCCCN1C(=O)[C@H]2[C@H](C(=O)Nc3cccc(C)c3)[C@H]3C=C[C@@]2(O3)[C@@H]1C(=O)N[C@@H]1CCC[C@@H](C)[C@@H]1C. The van der Waals surface area contributed by atoms with Crippen LogP contribution in [0.25, 0.3) is 0 Å². The fourth-order valence-corrected chi connectivity index (χ4v) is 6.98. The first-order valence-corrected chi connectivity index (χ1v) is 14.2. The zero-order chi connectivity index (χ0) is 27.0. The van der Waals surface area contributed by atoms with E-state index in [0.29, 0.717) is 43.7 Å². The van der Waals surface area contributed by atoms with Gasteiger partial charge >= 0.3 is 0 Å². The molecule has 3 aliphatic heterocycles. The van der Waals surface area contributed by atoms with Crippen molar-refractivity contribution in [1.29, 1.82) is 0 Å². The van der Waals surface area contributed by atoms with Gasteiger partial charge in [-0.2, -0.15) is 0 Å². The van der Waals surface area contributed by atoms with E-state index in [0.717, 1.165) is 24.8 Å². The highest BCUT2D eigenvalue weighted by Gasteiger charge is 2.72. The summed E-state index contributed by atoms with van der Waals surface area (Å²) in [4.78, 5) is 43.2. The number of benzene rings is 1. The van der Waals surface area contributed by atoms with E-state index in [4.69, 9.17) is 9.47 Å². The van der Waals surface area contributed by atoms with Crippen LogP contribution in [0.5, 0.6) is 0 Å². The predicted octanol–water partition coefficient (Wildman–Crippen LogP) is 3.45. The maximum Gasteiger partial charge on any atom is 0.246 e. The third kappa shape index (κ3) is 4.66. The summed E-state index contributed by atoms with van der Waals surface area (Å²) in [7, 11) is 0. The van der Waals surface area contributed by atoms with Crippen LogP contribution >= 0.6 is 0 Å². The highest BCUT2D eigenvalue weighted by Crippen LogP contribution is 2.55. The highest BCUT2D eigenvalue weighted by atomic mass is 16.5. The highest BCUT2D eigenvalue weighted by molar-refractivity contribution is 6.02. The number of nitrogens with zero attached hydrogens (tertiary/aromatic N) is 1. The Balaban J connectivity index is 1.41. The number of aryl methyl sites for hydroxylation is 1. The van der Waals surface area contributed by atoms with Crippen molar-refractivity contribution in [2.24, 2.45) is 23.7 Å². The molecule has 3 fully saturated rings. The standard InChI is InChI=1S/C30H41N3O5/c1-5-37-16-8-15-33-26(28(35)32-22-12-7-10-19(3)20(22)4)30-14-13-23(38-30)24(25(30)29(33)36)27(34)31-21-11-6-9-18(2)17-21/h6,9,11,13-14,17,19-20,22-26H,5,7-8,10,12,15-16H2,1-4H3,(H,31,34)(H,32,35)/t19-,20+,22-,23-,24-,25-,26+,30+/m1/s1. The molecule has 3 heterocycles. The summed E-state index contributed by atoms with van der Waals surface area (Å²) in [5.74, 6) is -1.19. The minimum atomic E-state index is -1.14. The largest absolute Gasteiger partial charge is 0.382 e. The summed E-state index contributed by atoms with van der Waals surface area (Å²) in [6.45, 7) is 9.79. The third-order valence-corrected chi connectivity index (χ3v) is 9.14. The van der Waals surface area contributed by atoms with E-state index in [1.807, 2.05) is 50.3 Å². The van der Waals surface area contributed by atoms with E-state index in [-0.39, 0.29) is 23.8 Å². The Morgan fingerprint density at radius 1 is 1.21 bits per heavy atom. The Bertz CT molecular complexity index is 1110. The fraction of sp³-hybridized carbons (Fsp3) is 0.633. The van der Waals surface area contributed by atoms with Crippen molar-refractivity contribution in [2.45, 2.75) is 77.2 Å². The number of anilines is 1. The molecule has 2 bridgehead atoms. The van der Waals surface area contributed by atoms with Crippen molar-refractivity contribution < 1.29 is 23.9 Å². The molecule has 1 aromatic carbocycles. The number of hydrogen-bond acceptors (Lipinski definition) is 5. The van der Waals surface area contributed by atoms with E-state index < -0.39 is 29.6 Å². The van der Waals surface area contributed by atoms with Crippen LogP contribution < -0.4 is 10.6 Å². The van der Waals surface area contributed by atoms with Crippen LogP contribution in [0.3, 0.4) is 0 Å². The number of nitrogens with one attached hydrogen (secondary N) is 2. The molecule has 38 heavy (non-hydrogen) atoms. The quantitative estimate of drug-likeness (QED) is 0.382. The van der Waals surface area contributed by atoms with Gasteiger partial charge in [0.05, 0.1) is 17.9 Å². The van der Waals surface area contributed by atoms with Gasteiger partial charge in [-0.25, -0.2) is 0 Å². The molecule has 8 atom stereocenters. The van der Waals surface area contributed by atoms with Gasteiger partial charge in [-0.05, 0) is 56.2 Å². The van der Waals surface area contributed by atoms with Crippen LogP contribution in [0.2, 0.25) is 0 Å². The maximum atomic E-state index is 14.0. The molecule has 2 saturated heterocycles. The van der Waals surface area contributed by atoms with Gasteiger partial charge in [0.15, 0.2) is 0 Å². The van der Waals surface area contributed by atoms with Crippen molar-refractivity contribution in [2.75, 3.05) is 25.1 Å². The van der Waals surface area contributed by atoms with Crippen LogP contribution in [0, 0.1) is 30.6 Å². The Morgan fingerprint density at radius 2 is 2.03 bits per heavy atom. The molecule has 4 aliphatic rings. The number of likely N-dealkylation sites (tertiary alicyclic amines) is 1. The molecule has 2 N–H and O–H groups in total. The third-order valence-electron chi connectivity index (χ3n) is 9.14. The Labute approximate surface area is 225 Å². The van der Waals surface area contributed by atoms with Gasteiger partial charge in [-0.3, -0.25) is 14.4 Å². The second-order valence-corrected chi connectivity index (χ2v) is 11.5. The first-order valence-electron chi connectivity index (χ1n) is 14.2. The smallest absolute Gasteiger partial charge is 0.246 e. The van der Waals surface area contributed by atoms with Gasteiger partial charge in [0, 0.05) is 31.5 Å². The molecule has 5 rings (SSSR count). The summed E-state index contributed by atoms with van der Waals surface area (Å²) in [5, 5.41) is 6.29. The molecule has 1 aromatic rings. The minimum Gasteiger partial charge on any atom is -0.382 e. The molecule has 206 valence electrons. The normalized spacial score (nSPS) is 35.4. The molecule has 8 heteroatoms. The number of carbonyl (C=O) groups is 3. The lowest BCUT2D eigenvalue weighted by Gasteiger charge is -2.38. The molecular weight excluding hydrogens is 482 g/mol. The topological polar surface area (TPSA) is 97.0 Å². The molecule has 0 aromatic heterocycles. The van der Waals surface area contributed by atoms with Crippen molar-refractivity contribution in [3.05, 3.63) is 42.0 Å². The van der Waals surface area contributed by atoms with E-state index in [9.17, 15) is 14.4 Å². The molecule has 1 aliphatic carbocycles. The second kappa shape index (κ2) is 10.8. The lowest BCUT2D eigenvalue weighted by Crippen LogP contribution is -2.58. The van der Waals surface area contributed by atoms with Crippen LogP contribution in [-0.2, 0) is 23.9 Å². The average Bonchev–Trinajstić information content (AvgIpc) is 3.52. The van der Waals surface area contributed by atoms with E-state index in [1.165, 1.54) is 0 Å². The minimum absolute atomic E-state index is 0.0603. The molecule has 1 saturated carbocycles. The molecule has 0 radical (unpaired) electrons. The zero-order valence-electron chi connectivity index (χ0n) is 22.9. The fourth-order valence-electron chi connectivity index (χ4n) is 6.98. The van der Waals surface area contributed by atoms with Crippen LogP contribution in [0.1, 0.15) is 52.0 Å². The maximum absolute atomic E-state index is 14.0. The lowest BCUT2D eigenvalue weighted by molar-refractivity contribution is -0.141. The van der Waals surface area contributed by atoms with Gasteiger partial charge in [0.2, 0.25) is 17.7 Å². The van der Waals surface area contributed by atoms with Gasteiger partial charge in [-0.15, -0.1) is 0 Å². The molecule has 3 amide bonds. The second-order valence-electron chi connectivity index (χ2n) is 11.5. The molecule has 8 nitrogen and oxygen atoms in total. The van der Waals surface area contributed by atoms with Gasteiger partial charge in [-0.1, -0.05) is 51.0 Å². The number of rotatable bonds is 9. The van der Waals surface area contributed by atoms with Crippen LogP contribution in [-0.4, -0.2) is 66.2 Å². The van der Waals surface area contributed by atoms with Crippen LogP contribution in [0.4, 0.5) is 5.69 Å². The zero-order valence-corrected chi connectivity index (χ0v) is 22.9. The van der Waals surface area contributed by atoms with Crippen molar-refractivity contribution in [3.8, 4) is 0 Å². The van der Waals surface area contributed by atoms with Crippen molar-refractivity contribution in [3.63, 3.8) is 0 Å². The van der Waals surface area contributed by atoms with Gasteiger partial charge < -0.3 is 25.0 Å². The Kier molecular flexibility index (Phi) is 7.65. The lowest BCUT2D eigenvalue weighted by atomic mass is 9.73.